The van der Waals surface area contributed by atoms with Gasteiger partial charge in [-0.2, -0.15) is 5.10 Å². The van der Waals surface area contributed by atoms with E-state index in [4.69, 9.17) is 0 Å². The Morgan fingerprint density at radius 1 is 1.30 bits per heavy atom. The van der Waals surface area contributed by atoms with E-state index >= 15 is 0 Å². The maximum atomic E-state index is 13.4. The van der Waals surface area contributed by atoms with Gasteiger partial charge in [0.1, 0.15) is 16.5 Å². The van der Waals surface area contributed by atoms with Gasteiger partial charge in [0.25, 0.3) is 0 Å². The Hall–Kier alpha value is -1.80. The van der Waals surface area contributed by atoms with Gasteiger partial charge in [-0.25, -0.2) is 21.9 Å². The van der Waals surface area contributed by atoms with Gasteiger partial charge in [-0.1, -0.05) is 0 Å². The summed E-state index contributed by atoms with van der Waals surface area (Å²) in [5.41, 5.74) is 0.493. The lowest BCUT2D eigenvalue weighted by atomic mass is 10.3. The summed E-state index contributed by atoms with van der Waals surface area (Å²) >= 11 is 0. The number of aryl methyl sites for hydroxylation is 1. The van der Waals surface area contributed by atoms with Crippen molar-refractivity contribution in [1.82, 2.24) is 14.5 Å². The van der Waals surface area contributed by atoms with Crippen LogP contribution >= 0.6 is 0 Å². The van der Waals surface area contributed by atoms with Crippen LogP contribution in [-0.4, -0.2) is 18.2 Å². The monoisotopic (exact) mass is 301 g/mol. The van der Waals surface area contributed by atoms with Crippen LogP contribution in [0.3, 0.4) is 0 Å². The Bertz CT molecular complexity index is 713. The first-order valence-electron chi connectivity index (χ1n) is 5.89. The van der Waals surface area contributed by atoms with E-state index in [0.717, 1.165) is 12.1 Å². The molecule has 0 saturated heterocycles. The SMILES string of the molecule is CCn1ccc(CNS(=O)(=O)c2cc(F)ccc2F)n1. The highest BCUT2D eigenvalue weighted by Crippen LogP contribution is 2.15. The molecule has 0 amide bonds. The van der Waals surface area contributed by atoms with Gasteiger partial charge in [0.05, 0.1) is 12.2 Å². The van der Waals surface area contributed by atoms with Crippen LogP contribution in [0.2, 0.25) is 0 Å². The van der Waals surface area contributed by atoms with Crippen molar-refractivity contribution in [2.75, 3.05) is 0 Å². The first-order valence-corrected chi connectivity index (χ1v) is 7.37. The molecule has 1 N–H and O–H groups in total. The minimum absolute atomic E-state index is 0.0920. The van der Waals surface area contributed by atoms with E-state index in [9.17, 15) is 17.2 Å². The van der Waals surface area contributed by atoms with Crippen LogP contribution in [-0.2, 0) is 23.1 Å². The Balaban J connectivity index is 2.17. The molecular formula is C12H13F2N3O2S. The van der Waals surface area contributed by atoms with E-state index in [2.05, 4.69) is 9.82 Å². The molecule has 8 heteroatoms. The lowest BCUT2D eigenvalue weighted by Crippen LogP contribution is -2.24. The minimum atomic E-state index is -4.12. The molecule has 0 radical (unpaired) electrons. The van der Waals surface area contributed by atoms with Crippen molar-refractivity contribution in [3.8, 4) is 0 Å². The number of sulfonamides is 1. The van der Waals surface area contributed by atoms with Gasteiger partial charge in [-0.3, -0.25) is 4.68 Å². The van der Waals surface area contributed by atoms with Crippen molar-refractivity contribution < 1.29 is 17.2 Å². The summed E-state index contributed by atoms with van der Waals surface area (Å²) in [5, 5.41) is 4.09. The second kappa shape index (κ2) is 5.68. The first-order chi connectivity index (χ1) is 9.42. The Morgan fingerprint density at radius 2 is 2.05 bits per heavy atom. The first kappa shape index (κ1) is 14.6. The van der Waals surface area contributed by atoms with E-state index in [1.807, 2.05) is 6.92 Å². The molecule has 2 aromatic rings. The minimum Gasteiger partial charge on any atom is -0.273 e. The zero-order chi connectivity index (χ0) is 14.8. The van der Waals surface area contributed by atoms with Crippen LogP contribution in [0.25, 0.3) is 0 Å². The van der Waals surface area contributed by atoms with Crippen LogP contribution in [0.1, 0.15) is 12.6 Å². The van der Waals surface area contributed by atoms with Crippen molar-refractivity contribution in [1.29, 1.82) is 0 Å². The molecule has 0 aliphatic rings. The number of aromatic nitrogens is 2. The Labute approximate surface area is 115 Å². The van der Waals surface area contributed by atoms with Crippen molar-refractivity contribution in [2.24, 2.45) is 0 Å². The van der Waals surface area contributed by atoms with E-state index in [-0.39, 0.29) is 6.54 Å². The van der Waals surface area contributed by atoms with Crippen molar-refractivity contribution in [3.63, 3.8) is 0 Å². The van der Waals surface area contributed by atoms with Gasteiger partial charge in [0, 0.05) is 12.7 Å². The van der Waals surface area contributed by atoms with Crippen molar-refractivity contribution in [2.45, 2.75) is 24.9 Å². The van der Waals surface area contributed by atoms with Crippen LogP contribution in [0, 0.1) is 11.6 Å². The molecule has 20 heavy (non-hydrogen) atoms. The summed E-state index contributed by atoms with van der Waals surface area (Å²) in [6.45, 7) is 2.46. The van der Waals surface area contributed by atoms with E-state index in [1.54, 1.807) is 16.9 Å². The zero-order valence-corrected chi connectivity index (χ0v) is 11.5. The lowest BCUT2D eigenvalue weighted by Gasteiger charge is -2.06. The molecule has 0 fully saturated rings. The highest BCUT2D eigenvalue weighted by molar-refractivity contribution is 7.89. The standard InChI is InChI=1S/C12H13F2N3O2S/c1-2-17-6-5-10(16-17)8-15-20(18,19)12-7-9(13)3-4-11(12)14/h3-7,15H,2,8H2,1H3. The van der Waals surface area contributed by atoms with Crippen LogP contribution < -0.4 is 4.72 Å². The van der Waals surface area contributed by atoms with E-state index < -0.39 is 26.6 Å². The molecule has 0 bridgehead atoms. The quantitative estimate of drug-likeness (QED) is 0.913. The Morgan fingerprint density at radius 3 is 2.70 bits per heavy atom. The molecule has 108 valence electrons. The average molecular weight is 301 g/mol. The van der Waals surface area contributed by atoms with Crippen LogP contribution in [0.4, 0.5) is 8.78 Å². The van der Waals surface area contributed by atoms with Crippen LogP contribution in [0.5, 0.6) is 0 Å². The predicted octanol–water partition coefficient (Wildman–Crippen LogP) is 1.66. The molecule has 0 atom stereocenters. The molecule has 2 rings (SSSR count). The molecule has 0 aliphatic heterocycles. The number of nitrogens with zero attached hydrogens (tertiary/aromatic N) is 2. The Kier molecular flexibility index (Phi) is 4.15. The van der Waals surface area contributed by atoms with Gasteiger partial charge in [0.2, 0.25) is 10.0 Å². The largest absolute Gasteiger partial charge is 0.273 e. The third-order valence-electron chi connectivity index (χ3n) is 2.65. The maximum absolute atomic E-state index is 13.4. The average Bonchev–Trinajstić information content (AvgIpc) is 2.87. The summed E-state index contributed by atoms with van der Waals surface area (Å²) < 4.78 is 54.1. The van der Waals surface area contributed by atoms with Gasteiger partial charge in [-0.05, 0) is 31.2 Å². The second-order valence-electron chi connectivity index (χ2n) is 4.06. The summed E-state index contributed by atoms with van der Waals surface area (Å²) in [7, 11) is -4.12. The third-order valence-corrected chi connectivity index (χ3v) is 4.06. The molecule has 1 aromatic heterocycles. The maximum Gasteiger partial charge on any atom is 0.243 e. The number of rotatable bonds is 5. The smallest absolute Gasteiger partial charge is 0.243 e. The van der Waals surface area contributed by atoms with Gasteiger partial charge in [-0.15, -0.1) is 0 Å². The summed E-state index contributed by atoms with van der Waals surface area (Å²) in [4.78, 5) is -0.715. The zero-order valence-electron chi connectivity index (χ0n) is 10.7. The second-order valence-corrected chi connectivity index (χ2v) is 5.80. The van der Waals surface area contributed by atoms with Crippen LogP contribution in [0.15, 0.2) is 35.4 Å². The fourth-order valence-electron chi connectivity index (χ4n) is 1.60. The topological polar surface area (TPSA) is 64.0 Å². The molecule has 1 heterocycles. The summed E-state index contributed by atoms with van der Waals surface area (Å²) in [6.07, 6.45) is 1.70. The molecule has 0 aliphatic carbocycles. The normalized spacial score (nSPS) is 11.8. The molecular weight excluding hydrogens is 288 g/mol. The lowest BCUT2D eigenvalue weighted by molar-refractivity contribution is 0.544. The molecule has 1 aromatic carbocycles. The van der Waals surface area contributed by atoms with Gasteiger partial charge < -0.3 is 0 Å². The fourth-order valence-corrected chi connectivity index (χ4v) is 2.69. The number of halogens is 2. The number of hydrogen-bond donors (Lipinski definition) is 1. The molecule has 0 saturated carbocycles. The third kappa shape index (κ3) is 3.20. The molecule has 0 spiro atoms. The van der Waals surface area contributed by atoms with Crippen molar-refractivity contribution in [3.05, 3.63) is 47.8 Å². The summed E-state index contributed by atoms with van der Waals surface area (Å²) in [6, 6.07) is 3.92. The van der Waals surface area contributed by atoms with E-state index in [0.29, 0.717) is 18.3 Å². The highest BCUT2D eigenvalue weighted by atomic mass is 32.2. The number of hydrogen-bond acceptors (Lipinski definition) is 3. The molecule has 5 nitrogen and oxygen atoms in total. The van der Waals surface area contributed by atoms with E-state index in [1.165, 1.54) is 0 Å². The number of nitrogens with one attached hydrogen (secondary N) is 1. The predicted molar refractivity (Wildman–Crippen MR) is 68.3 cm³/mol. The van der Waals surface area contributed by atoms with Gasteiger partial charge in [0.15, 0.2) is 0 Å². The molecule has 0 unspecified atom stereocenters. The number of benzene rings is 1. The van der Waals surface area contributed by atoms with Gasteiger partial charge >= 0.3 is 0 Å². The fraction of sp³-hybridized carbons (Fsp3) is 0.250. The van der Waals surface area contributed by atoms with Crippen molar-refractivity contribution >= 4 is 10.0 Å². The highest BCUT2D eigenvalue weighted by Gasteiger charge is 2.19. The summed E-state index contributed by atoms with van der Waals surface area (Å²) in [5.74, 6) is -1.82.